The van der Waals surface area contributed by atoms with Crippen LogP contribution in [0.1, 0.15) is 29.7 Å². The Morgan fingerprint density at radius 1 is 0.939 bits per heavy atom. The number of anilines is 2. The van der Waals surface area contributed by atoms with E-state index in [1.807, 2.05) is 74.2 Å². The molecule has 7 nitrogen and oxygen atoms in total. The van der Waals surface area contributed by atoms with Crippen molar-refractivity contribution in [1.82, 2.24) is 9.13 Å². The molecule has 0 aliphatic carbocycles. The van der Waals surface area contributed by atoms with Crippen LogP contribution in [0.4, 0.5) is 11.4 Å². The number of aromatic nitrogens is 2. The lowest BCUT2D eigenvalue weighted by Gasteiger charge is -2.34. The van der Waals surface area contributed by atoms with E-state index in [1.165, 1.54) is 12.6 Å². The summed E-state index contributed by atoms with van der Waals surface area (Å²) in [4.78, 5) is 40.7. The van der Waals surface area contributed by atoms with Crippen LogP contribution in [0.2, 0.25) is 0 Å². The molecule has 0 saturated carbocycles. The second-order valence-electron chi connectivity index (χ2n) is 8.80. The van der Waals surface area contributed by atoms with Crippen LogP contribution in [-0.2, 0) is 11.8 Å². The number of carbonyl (C=O) groups excluding carboxylic acids is 1. The third kappa shape index (κ3) is 4.35. The van der Waals surface area contributed by atoms with E-state index in [9.17, 15) is 14.4 Å². The normalized spacial score (nSPS) is 14.4. The molecule has 0 atom stereocenters. The molecule has 3 aromatic rings. The quantitative estimate of drug-likeness (QED) is 0.667. The summed E-state index contributed by atoms with van der Waals surface area (Å²) in [5.41, 5.74) is 4.33. The summed E-state index contributed by atoms with van der Waals surface area (Å²) in [5, 5.41) is 3.04. The Morgan fingerprint density at radius 2 is 1.61 bits per heavy atom. The van der Waals surface area contributed by atoms with Crippen molar-refractivity contribution < 1.29 is 4.79 Å². The number of hydrogen-bond donors (Lipinski definition) is 1. The van der Waals surface area contributed by atoms with Gasteiger partial charge in [0, 0.05) is 31.7 Å². The molecule has 7 heteroatoms. The summed E-state index contributed by atoms with van der Waals surface area (Å²) in [5.74, 6) is -0.108. The molecule has 1 aliphatic heterocycles. The van der Waals surface area contributed by atoms with Gasteiger partial charge in [0.1, 0.15) is 5.69 Å². The lowest BCUT2D eigenvalue weighted by molar-refractivity contribution is -0.120. The fraction of sp³-hybridized carbons (Fsp3) is 0.346. The minimum Gasteiger partial charge on any atom is -0.366 e. The number of amides is 1. The minimum absolute atomic E-state index is 0.0109. The van der Waals surface area contributed by atoms with Gasteiger partial charge in [-0.05, 0) is 69.0 Å². The summed E-state index contributed by atoms with van der Waals surface area (Å²) >= 11 is 0. The van der Waals surface area contributed by atoms with Crippen molar-refractivity contribution in [3.8, 4) is 5.69 Å². The molecular weight excluding hydrogens is 416 g/mol. The number of rotatable bonds is 4. The van der Waals surface area contributed by atoms with Gasteiger partial charge in [0.2, 0.25) is 5.91 Å². The summed E-state index contributed by atoms with van der Waals surface area (Å²) in [6.07, 6.45) is 1.29. The predicted octanol–water partition coefficient (Wildman–Crippen LogP) is 3.32. The molecule has 2 aromatic carbocycles. The third-order valence-corrected chi connectivity index (χ3v) is 6.63. The lowest BCUT2D eigenvalue weighted by atomic mass is 9.95. The van der Waals surface area contributed by atoms with Crippen LogP contribution in [0.15, 0.2) is 58.1 Å². The van der Waals surface area contributed by atoms with Gasteiger partial charge in [-0.1, -0.05) is 24.3 Å². The maximum absolute atomic E-state index is 13.0. The van der Waals surface area contributed by atoms with Crippen molar-refractivity contribution in [2.75, 3.05) is 23.3 Å². The molecule has 2 heterocycles. The molecular formula is C26H30N4O3. The monoisotopic (exact) mass is 446 g/mol. The molecule has 0 unspecified atom stereocenters. The topological polar surface area (TPSA) is 76.3 Å². The van der Waals surface area contributed by atoms with Crippen LogP contribution in [-0.4, -0.2) is 28.1 Å². The zero-order chi connectivity index (χ0) is 23.7. The van der Waals surface area contributed by atoms with Gasteiger partial charge < -0.3 is 10.2 Å². The van der Waals surface area contributed by atoms with Gasteiger partial charge in [-0.2, -0.15) is 0 Å². The van der Waals surface area contributed by atoms with Crippen molar-refractivity contribution >= 4 is 17.3 Å². The number of carbonyl (C=O) groups is 1. The van der Waals surface area contributed by atoms with Crippen LogP contribution in [0.3, 0.4) is 0 Å². The molecule has 1 fully saturated rings. The van der Waals surface area contributed by atoms with Crippen LogP contribution >= 0.6 is 0 Å². The highest BCUT2D eigenvalue weighted by atomic mass is 16.2. The molecule has 0 spiro atoms. The van der Waals surface area contributed by atoms with Crippen molar-refractivity contribution in [2.24, 2.45) is 13.0 Å². The lowest BCUT2D eigenvalue weighted by Crippen LogP contribution is -2.46. The van der Waals surface area contributed by atoms with Gasteiger partial charge in [-0.25, -0.2) is 4.79 Å². The summed E-state index contributed by atoms with van der Waals surface area (Å²) in [7, 11) is 1.51. The first kappa shape index (κ1) is 22.6. The number of benzene rings is 2. The van der Waals surface area contributed by atoms with Crippen molar-refractivity contribution in [2.45, 2.75) is 33.6 Å². The summed E-state index contributed by atoms with van der Waals surface area (Å²) in [6.45, 7) is 7.04. The molecule has 1 amide bonds. The molecule has 33 heavy (non-hydrogen) atoms. The standard InChI is InChI=1S/C26H30N4O3/c1-17-10-11-21(16-18(17)2)27-24(31)20-12-14-29(15-13-20)23-19(3)30(22-8-6-5-7-9-22)26(33)28(4)25(23)32/h5-11,16,20H,12-15H2,1-4H3,(H,27,31). The van der Waals surface area contributed by atoms with Gasteiger partial charge in [-0.3, -0.25) is 18.7 Å². The second-order valence-corrected chi connectivity index (χ2v) is 8.80. The molecule has 4 rings (SSSR count). The average Bonchev–Trinajstić information content (AvgIpc) is 2.81. The molecule has 1 saturated heterocycles. The van der Waals surface area contributed by atoms with Crippen LogP contribution in [0.5, 0.6) is 0 Å². The zero-order valence-corrected chi connectivity index (χ0v) is 19.6. The first-order valence-electron chi connectivity index (χ1n) is 11.3. The van der Waals surface area contributed by atoms with E-state index in [-0.39, 0.29) is 23.1 Å². The number of para-hydroxylation sites is 1. The summed E-state index contributed by atoms with van der Waals surface area (Å²) < 4.78 is 2.74. The fourth-order valence-corrected chi connectivity index (χ4v) is 4.47. The van der Waals surface area contributed by atoms with Gasteiger partial charge in [-0.15, -0.1) is 0 Å². The first-order chi connectivity index (χ1) is 15.8. The fourth-order valence-electron chi connectivity index (χ4n) is 4.47. The molecule has 1 aliphatic rings. The third-order valence-electron chi connectivity index (χ3n) is 6.63. The van der Waals surface area contributed by atoms with E-state index in [0.29, 0.717) is 37.3 Å². The van der Waals surface area contributed by atoms with E-state index in [4.69, 9.17) is 0 Å². The zero-order valence-electron chi connectivity index (χ0n) is 19.6. The maximum atomic E-state index is 13.0. The number of aryl methyl sites for hydroxylation is 2. The maximum Gasteiger partial charge on any atom is 0.335 e. The first-order valence-corrected chi connectivity index (χ1v) is 11.3. The van der Waals surface area contributed by atoms with Crippen molar-refractivity contribution in [3.05, 3.63) is 86.2 Å². The number of nitrogens with one attached hydrogen (secondary N) is 1. The van der Waals surface area contributed by atoms with Crippen molar-refractivity contribution in [3.63, 3.8) is 0 Å². The largest absolute Gasteiger partial charge is 0.366 e. The van der Waals surface area contributed by atoms with E-state index >= 15 is 0 Å². The van der Waals surface area contributed by atoms with Crippen LogP contribution < -0.4 is 21.5 Å². The Balaban J connectivity index is 1.55. The second kappa shape index (κ2) is 9.10. The Morgan fingerprint density at radius 3 is 2.24 bits per heavy atom. The smallest absolute Gasteiger partial charge is 0.335 e. The minimum atomic E-state index is -0.366. The summed E-state index contributed by atoms with van der Waals surface area (Å²) in [6, 6.07) is 15.3. The Hall–Kier alpha value is -3.61. The molecule has 172 valence electrons. The van der Waals surface area contributed by atoms with E-state index in [2.05, 4.69) is 5.32 Å². The number of hydrogen-bond acceptors (Lipinski definition) is 4. The Labute approximate surface area is 193 Å². The molecule has 1 N–H and O–H groups in total. The highest BCUT2D eigenvalue weighted by Gasteiger charge is 2.28. The Kier molecular flexibility index (Phi) is 6.22. The predicted molar refractivity (Wildman–Crippen MR) is 131 cm³/mol. The van der Waals surface area contributed by atoms with Crippen LogP contribution in [0, 0.1) is 26.7 Å². The van der Waals surface area contributed by atoms with E-state index < -0.39 is 0 Å². The van der Waals surface area contributed by atoms with Gasteiger partial charge in [0.25, 0.3) is 5.56 Å². The Bertz CT molecular complexity index is 1300. The van der Waals surface area contributed by atoms with E-state index in [0.717, 1.165) is 21.5 Å². The molecule has 1 aromatic heterocycles. The SMILES string of the molecule is Cc1ccc(NC(=O)C2CCN(c3c(C)n(-c4ccccc4)c(=O)n(C)c3=O)CC2)cc1C. The van der Waals surface area contributed by atoms with Crippen LogP contribution in [0.25, 0.3) is 5.69 Å². The van der Waals surface area contributed by atoms with E-state index in [1.54, 1.807) is 4.57 Å². The van der Waals surface area contributed by atoms with Crippen molar-refractivity contribution in [1.29, 1.82) is 0 Å². The molecule has 0 radical (unpaired) electrons. The molecule has 0 bridgehead atoms. The number of nitrogens with zero attached hydrogens (tertiary/aromatic N) is 3. The van der Waals surface area contributed by atoms with Gasteiger partial charge in [0.05, 0.1) is 11.4 Å². The highest BCUT2D eigenvalue weighted by molar-refractivity contribution is 5.92. The van der Waals surface area contributed by atoms with Gasteiger partial charge >= 0.3 is 5.69 Å². The number of piperidine rings is 1. The van der Waals surface area contributed by atoms with Gasteiger partial charge in [0.15, 0.2) is 0 Å². The highest BCUT2D eigenvalue weighted by Crippen LogP contribution is 2.25. The average molecular weight is 447 g/mol.